The number of carbonyl (C=O) groups is 1. The molecule has 0 spiro atoms. The number of hydrogen-bond donors (Lipinski definition) is 2. The lowest BCUT2D eigenvalue weighted by Gasteiger charge is -2.19. The Hall–Kier alpha value is -2.58. The van der Waals surface area contributed by atoms with Gasteiger partial charge in [0, 0.05) is 39.1 Å². The Balaban J connectivity index is 1.91. The van der Waals surface area contributed by atoms with E-state index in [2.05, 4.69) is 20.4 Å². The maximum Gasteiger partial charge on any atom is 0.387 e. The highest BCUT2D eigenvalue weighted by atomic mass is 19.3. The van der Waals surface area contributed by atoms with Gasteiger partial charge >= 0.3 is 6.61 Å². The molecule has 2 rings (SSSR count). The molecule has 150 valence electrons. The number of nitrogens with zero attached hydrogens (tertiary/aromatic N) is 2. The predicted molar refractivity (Wildman–Crippen MR) is 98.2 cm³/mol. The Bertz CT molecular complexity index is 670. The zero-order chi connectivity index (χ0) is 19.8. The van der Waals surface area contributed by atoms with Crippen molar-refractivity contribution in [2.75, 3.05) is 27.2 Å². The van der Waals surface area contributed by atoms with Crippen LogP contribution < -0.4 is 20.1 Å². The number of amides is 1. The van der Waals surface area contributed by atoms with Gasteiger partial charge in [-0.05, 0) is 24.1 Å². The molecular weight excluding hydrogens is 358 g/mol. The van der Waals surface area contributed by atoms with Crippen LogP contribution >= 0.6 is 0 Å². The first-order valence-corrected chi connectivity index (χ1v) is 8.83. The molecule has 7 nitrogen and oxygen atoms in total. The first-order valence-electron chi connectivity index (χ1n) is 8.83. The molecule has 1 atom stereocenters. The van der Waals surface area contributed by atoms with Crippen molar-refractivity contribution in [1.82, 2.24) is 15.5 Å². The number of guanidine groups is 1. The molecule has 1 heterocycles. The average Bonchev–Trinajstić information content (AvgIpc) is 3.12. The summed E-state index contributed by atoms with van der Waals surface area (Å²) in [6, 6.07) is 4.97. The molecule has 0 saturated carbocycles. The minimum atomic E-state index is -2.92. The van der Waals surface area contributed by atoms with E-state index in [4.69, 9.17) is 4.74 Å². The quantitative estimate of drug-likeness (QED) is 0.555. The predicted octanol–water partition coefficient (Wildman–Crippen LogP) is 1.97. The van der Waals surface area contributed by atoms with E-state index in [0.717, 1.165) is 18.5 Å². The van der Waals surface area contributed by atoms with Crippen LogP contribution in [-0.4, -0.2) is 56.7 Å². The molecule has 2 N–H and O–H groups in total. The maximum absolute atomic E-state index is 12.5. The third-order valence-electron chi connectivity index (χ3n) is 4.31. The summed E-state index contributed by atoms with van der Waals surface area (Å²) in [6.07, 6.45) is 1.35. The number of benzene rings is 1. The summed E-state index contributed by atoms with van der Waals surface area (Å²) < 4.78 is 34.6. The van der Waals surface area contributed by atoms with Crippen LogP contribution in [0.5, 0.6) is 11.5 Å². The van der Waals surface area contributed by atoms with Crippen LogP contribution in [0.15, 0.2) is 23.2 Å². The van der Waals surface area contributed by atoms with E-state index in [-0.39, 0.29) is 23.4 Å². The number of halogens is 2. The molecule has 1 amide bonds. The number of likely N-dealkylation sites (tertiary alicyclic amines) is 1. The highest BCUT2D eigenvalue weighted by Crippen LogP contribution is 2.29. The van der Waals surface area contributed by atoms with Gasteiger partial charge in [-0.15, -0.1) is 0 Å². The zero-order valence-corrected chi connectivity index (χ0v) is 15.8. The van der Waals surface area contributed by atoms with E-state index in [0.29, 0.717) is 25.5 Å². The third-order valence-corrected chi connectivity index (χ3v) is 4.31. The van der Waals surface area contributed by atoms with Crippen LogP contribution in [0.3, 0.4) is 0 Å². The fourth-order valence-corrected chi connectivity index (χ4v) is 2.92. The number of carbonyl (C=O) groups excluding carboxylic acids is 1. The van der Waals surface area contributed by atoms with Crippen molar-refractivity contribution in [2.24, 2.45) is 4.99 Å². The minimum absolute atomic E-state index is 0.0146. The molecule has 0 radical (unpaired) electrons. The molecule has 1 unspecified atom stereocenters. The van der Waals surface area contributed by atoms with Crippen molar-refractivity contribution in [2.45, 2.75) is 39.0 Å². The van der Waals surface area contributed by atoms with Gasteiger partial charge in [0.25, 0.3) is 0 Å². The van der Waals surface area contributed by atoms with Gasteiger partial charge in [-0.3, -0.25) is 9.79 Å². The molecule has 1 fully saturated rings. The highest BCUT2D eigenvalue weighted by molar-refractivity contribution is 5.80. The molecule has 0 aromatic heterocycles. The monoisotopic (exact) mass is 384 g/mol. The second-order valence-electron chi connectivity index (χ2n) is 6.11. The van der Waals surface area contributed by atoms with E-state index in [1.807, 2.05) is 11.8 Å². The number of alkyl halides is 2. The van der Waals surface area contributed by atoms with Crippen molar-refractivity contribution in [3.8, 4) is 11.5 Å². The molecule has 27 heavy (non-hydrogen) atoms. The number of hydrogen-bond acceptors (Lipinski definition) is 4. The molecule has 1 aliphatic rings. The van der Waals surface area contributed by atoms with E-state index >= 15 is 0 Å². The van der Waals surface area contributed by atoms with Gasteiger partial charge in [0.05, 0.1) is 7.11 Å². The normalized spacial score (nSPS) is 17.2. The second-order valence-corrected chi connectivity index (χ2v) is 6.11. The standard InChI is InChI=1S/C18H26F2N4O3/c1-4-16(25)24-8-7-13(11-24)23-18(21-2)22-10-12-5-6-14(26-3)15(9-12)27-17(19)20/h5-6,9,13,17H,4,7-8,10-11H2,1-3H3,(H2,21,22,23). The SMILES string of the molecule is CCC(=O)N1CCC(NC(=NC)NCc2ccc(OC)c(OC(F)F)c2)C1. The lowest BCUT2D eigenvalue weighted by atomic mass is 10.2. The Morgan fingerprint density at radius 1 is 1.41 bits per heavy atom. The zero-order valence-electron chi connectivity index (χ0n) is 15.8. The number of rotatable bonds is 7. The van der Waals surface area contributed by atoms with E-state index in [1.54, 1.807) is 19.2 Å². The van der Waals surface area contributed by atoms with Crippen molar-refractivity contribution in [1.29, 1.82) is 0 Å². The summed E-state index contributed by atoms with van der Waals surface area (Å²) in [4.78, 5) is 17.8. The highest BCUT2D eigenvalue weighted by Gasteiger charge is 2.25. The van der Waals surface area contributed by atoms with Gasteiger partial charge in [0.2, 0.25) is 5.91 Å². The van der Waals surface area contributed by atoms with E-state index in [9.17, 15) is 13.6 Å². The van der Waals surface area contributed by atoms with Crippen LogP contribution in [-0.2, 0) is 11.3 Å². The van der Waals surface area contributed by atoms with Gasteiger partial charge in [-0.25, -0.2) is 0 Å². The Kier molecular flexibility index (Phi) is 7.63. The van der Waals surface area contributed by atoms with Gasteiger partial charge in [0.1, 0.15) is 0 Å². The minimum Gasteiger partial charge on any atom is -0.493 e. The number of nitrogens with one attached hydrogen (secondary N) is 2. The summed E-state index contributed by atoms with van der Waals surface area (Å²) in [5, 5.41) is 6.42. The molecule has 9 heteroatoms. The van der Waals surface area contributed by atoms with E-state index < -0.39 is 6.61 Å². The molecule has 0 aliphatic carbocycles. The Morgan fingerprint density at radius 2 is 2.19 bits per heavy atom. The first-order chi connectivity index (χ1) is 13.0. The molecule has 1 saturated heterocycles. The summed E-state index contributed by atoms with van der Waals surface area (Å²) in [5.41, 5.74) is 0.739. The average molecular weight is 384 g/mol. The first kappa shape index (κ1) is 20.7. The fraction of sp³-hybridized carbons (Fsp3) is 0.556. The smallest absolute Gasteiger partial charge is 0.387 e. The van der Waals surface area contributed by atoms with Crippen LogP contribution in [0, 0.1) is 0 Å². The Morgan fingerprint density at radius 3 is 2.81 bits per heavy atom. The van der Waals surface area contributed by atoms with Gasteiger partial charge < -0.3 is 25.0 Å². The van der Waals surface area contributed by atoms with Crippen LogP contribution in [0.4, 0.5) is 8.78 Å². The van der Waals surface area contributed by atoms with Crippen molar-refractivity contribution in [3.05, 3.63) is 23.8 Å². The van der Waals surface area contributed by atoms with Crippen molar-refractivity contribution < 1.29 is 23.0 Å². The van der Waals surface area contributed by atoms with Crippen LogP contribution in [0.1, 0.15) is 25.3 Å². The number of ether oxygens (including phenoxy) is 2. The molecule has 1 aromatic carbocycles. The van der Waals surface area contributed by atoms with Gasteiger partial charge in [-0.2, -0.15) is 8.78 Å². The lowest BCUT2D eigenvalue weighted by molar-refractivity contribution is -0.129. The summed E-state index contributed by atoms with van der Waals surface area (Å²) in [7, 11) is 3.05. The Labute approximate surface area is 157 Å². The second kappa shape index (κ2) is 9.94. The number of methoxy groups -OCH3 is 1. The lowest BCUT2D eigenvalue weighted by Crippen LogP contribution is -2.44. The third kappa shape index (κ3) is 5.97. The molecule has 0 bridgehead atoms. The molecular formula is C18H26F2N4O3. The van der Waals surface area contributed by atoms with Gasteiger partial charge in [0.15, 0.2) is 17.5 Å². The molecule has 1 aromatic rings. The summed E-state index contributed by atoms with van der Waals surface area (Å²) in [6.45, 7) is 0.668. The summed E-state index contributed by atoms with van der Waals surface area (Å²) in [5.74, 6) is 0.956. The van der Waals surface area contributed by atoms with Crippen molar-refractivity contribution in [3.63, 3.8) is 0 Å². The fourth-order valence-electron chi connectivity index (χ4n) is 2.92. The van der Waals surface area contributed by atoms with Crippen molar-refractivity contribution >= 4 is 11.9 Å². The van der Waals surface area contributed by atoms with E-state index in [1.165, 1.54) is 13.2 Å². The largest absolute Gasteiger partial charge is 0.493 e. The topological polar surface area (TPSA) is 75.2 Å². The maximum atomic E-state index is 12.5. The van der Waals surface area contributed by atoms with Crippen LogP contribution in [0.2, 0.25) is 0 Å². The van der Waals surface area contributed by atoms with Gasteiger partial charge in [-0.1, -0.05) is 13.0 Å². The summed E-state index contributed by atoms with van der Waals surface area (Å²) >= 11 is 0. The number of aliphatic imine (C=N–C) groups is 1. The molecule has 1 aliphatic heterocycles. The van der Waals surface area contributed by atoms with Crippen LogP contribution in [0.25, 0.3) is 0 Å².